The normalized spacial score (nSPS) is 14.2. The minimum absolute atomic E-state index is 0.0512. The smallest absolute Gasteiger partial charge is 0.478 e. The Hall–Kier alpha value is -6.76. The predicted molar refractivity (Wildman–Crippen MR) is 215 cm³/mol. The largest absolute Gasteiger partial charge is 0.490 e. The second kappa shape index (κ2) is 23.3. The van der Waals surface area contributed by atoms with Gasteiger partial charge in [-0.15, -0.1) is 0 Å². The van der Waals surface area contributed by atoms with Gasteiger partial charge < -0.3 is 46.2 Å². The first-order valence-corrected chi connectivity index (χ1v) is 19.2. The van der Waals surface area contributed by atoms with Crippen molar-refractivity contribution in [2.75, 3.05) is 55.2 Å². The van der Waals surface area contributed by atoms with Crippen molar-refractivity contribution in [3.05, 3.63) is 66.2 Å². The van der Waals surface area contributed by atoms with Gasteiger partial charge >= 0.3 is 42.4 Å². The van der Waals surface area contributed by atoms with Crippen molar-refractivity contribution in [3.8, 4) is 0 Å². The number of aromatic nitrogens is 1. The molecular formula is C40H41F9N6O10. The maximum absolute atomic E-state index is 12.7. The van der Waals surface area contributed by atoms with Crippen molar-refractivity contribution in [1.82, 2.24) is 14.8 Å². The van der Waals surface area contributed by atoms with Gasteiger partial charge in [-0.2, -0.15) is 39.5 Å². The first-order chi connectivity index (χ1) is 30.3. The summed E-state index contributed by atoms with van der Waals surface area (Å²) in [6.45, 7) is 5.66. The number of halogens is 9. The number of likely N-dealkylation sites (tertiary alicyclic amines) is 2. The van der Waals surface area contributed by atoms with Gasteiger partial charge in [0.1, 0.15) is 0 Å². The zero-order valence-corrected chi connectivity index (χ0v) is 33.7. The molecule has 25 heteroatoms. The summed E-state index contributed by atoms with van der Waals surface area (Å²) >= 11 is 0. The number of rotatable bonds is 11. The number of anilines is 4. The maximum atomic E-state index is 12.7. The van der Waals surface area contributed by atoms with E-state index in [1.807, 2.05) is 36.4 Å². The molecule has 0 aliphatic carbocycles. The molecule has 2 aliphatic heterocycles. The molecule has 1 aromatic heterocycles. The topological polar surface area (TPSA) is 239 Å². The highest BCUT2D eigenvalue weighted by atomic mass is 19.4. The summed E-state index contributed by atoms with van der Waals surface area (Å²) in [6, 6.07) is 17.9. The first kappa shape index (κ1) is 52.6. The third kappa shape index (κ3) is 17.4. The number of alkyl halides is 9. The van der Waals surface area contributed by atoms with E-state index in [9.17, 15) is 59.0 Å². The number of carboxylic acids is 4. The van der Waals surface area contributed by atoms with Gasteiger partial charge in [0.2, 0.25) is 11.8 Å². The highest BCUT2D eigenvalue weighted by molar-refractivity contribution is 6.11. The summed E-state index contributed by atoms with van der Waals surface area (Å²) in [5.74, 6) is -9.41. The molecule has 2 fully saturated rings. The summed E-state index contributed by atoms with van der Waals surface area (Å²) in [4.78, 5) is 73.7. The summed E-state index contributed by atoms with van der Waals surface area (Å²) in [7, 11) is 0. The van der Waals surface area contributed by atoms with Gasteiger partial charge in [0.05, 0.1) is 28.0 Å². The Balaban J connectivity index is 0.000000443. The maximum Gasteiger partial charge on any atom is 0.490 e. The number of para-hydroxylation sites is 1. The van der Waals surface area contributed by atoms with Crippen molar-refractivity contribution in [2.45, 2.75) is 57.1 Å². The van der Waals surface area contributed by atoms with Gasteiger partial charge in [-0.05, 0) is 100 Å². The van der Waals surface area contributed by atoms with Crippen LogP contribution in [0.4, 0.5) is 62.3 Å². The molecule has 4 aromatic rings. The fraction of sp³-hybridized carbons (Fsp3) is 0.375. The van der Waals surface area contributed by atoms with E-state index in [0.29, 0.717) is 46.6 Å². The summed E-state index contributed by atoms with van der Waals surface area (Å²) in [6.07, 6.45) is -9.68. The molecule has 0 saturated carbocycles. The number of benzene rings is 3. The molecular weight excluding hydrogens is 895 g/mol. The van der Waals surface area contributed by atoms with E-state index >= 15 is 0 Å². The van der Waals surface area contributed by atoms with Crippen molar-refractivity contribution >= 4 is 80.2 Å². The van der Waals surface area contributed by atoms with Crippen LogP contribution in [0.2, 0.25) is 0 Å². The lowest BCUT2D eigenvalue weighted by Gasteiger charge is -2.17. The lowest BCUT2D eigenvalue weighted by molar-refractivity contribution is -0.193. The van der Waals surface area contributed by atoms with E-state index in [-0.39, 0.29) is 17.4 Å². The molecule has 2 saturated heterocycles. The number of aromatic carboxylic acids is 1. The molecule has 2 aliphatic rings. The van der Waals surface area contributed by atoms with Crippen LogP contribution < -0.4 is 16.0 Å². The third-order valence-corrected chi connectivity index (χ3v) is 9.19. The summed E-state index contributed by atoms with van der Waals surface area (Å²) < 4.78 is 95.2. The fourth-order valence-electron chi connectivity index (χ4n) is 6.13. The molecule has 3 heterocycles. The average Bonchev–Trinajstić information content (AvgIpc) is 3.94. The molecule has 0 unspecified atom stereocenters. The van der Waals surface area contributed by atoms with Crippen LogP contribution in [-0.2, 0) is 24.0 Å². The molecule has 65 heavy (non-hydrogen) atoms. The summed E-state index contributed by atoms with van der Waals surface area (Å²) in [5, 5.41) is 42.1. The highest BCUT2D eigenvalue weighted by Crippen LogP contribution is 2.36. The van der Waals surface area contributed by atoms with Gasteiger partial charge in [0, 0.05) is 48.1 Å². The Kier molecular flexibility index (Phi) is 18.8. The Morgan fingerprint density at radius 2 is 0.908 bits per heavy atom. The molecule has 0 spiro atoms. The Bertz CT molecular complexity index is 2180. The molecule has 354 valence electrons. The summed E-state index contributed by atoms with van der Waals surface area (Å²) in [5.41, 5.74) is 3.82. The minimum Gasteiger partial charge on any atom is -0.478 e. The van der Waals surface area contributed by atoms with Crippen LogP contribution in [0.3, 0.4) is 0 Å². The number of carbonyl (C=O) groups is 6. The lowest BCUT2D eigenvalue weighted by atomic mass is 10.1. The number of hydrogen-bond acceptors (Lipinski definition) is 10. The highest BCUT2D eigenvalue weighted by Gasteiger charge is 2.39. The number of pyridine rings is 1. The van der Waals surface area contributed by atoms with Crippen molar-refractivity contribution in [3.63, 3.8) is 0 Å². The van der Waals surface area contributed by atoms with Crippen molar-refractivity contribution in [1.29, 1.82) is 0 Å². The second-order valence-electron chi connectivity index (χ2n) is 14.0. The average molecular weight is 937 g/mol. The molecule has 7 N–H and O–H groups in total. The Morgan fingerprint density at radius 3 is 1.25 bits per heavy atom. The van der Waals surface area contributed by atoms with E-state index in [1.54, 1.807) is 24.3 Å². The van der Waals surface area contributed by atoms with Crippen LogP contribution in [0.25, 0.3) is 21.8 Å². The minimum atomic E-state index is -5.08. The van der Waals surface area contributed by atoms with Crippen LogP contribution in [-0.4, -0.2) is 129 Å². The van der Waals surface area contributed by atoms with Gasteiger partial charge in [0.15, 0.2) is 0 Å². The number of aliphatic carboxylic acids is 3. The van der Waals surface area contributed by atoms with E-state index < -0.39 is 42.4 Å². The number of fused-ring (bicyclic) bond motifs is 2. The predicted octanol–water partition coefficient (Wildman–Crippen LogP) is 7.58. The first-order valence-electron chi connectivity index (χ1n) is 19.2. The molecule has 0 radical (unpaired) electrons. The molecule has 2 amide bonds. The van der Waals surface area contributed by atoms with Crippen LogP contribution in [0, 0.1) is 0 Å². The van der Waals surface area contributed by atoms with Gasteiger partial charge in [-0.1, -0.05) is 12.1 Å². The Morgan fingerprint density at radius 1 is 0.554 bits per heavy atom. The zero-order chi connectivity index (χ0) is 48.7. The van der Waals surface area contributed by atoms with E-state index in [4.69, 9.17) is 34.7 Å². The standard InChI is InChI=1S/C34H38N6O4.3C2HF3O2/c41-31(13-19-39-15-3-4-16-39)35-23-9-11-25-29(21-23)37-30-22-24(36-32(42)14-20-40-17-5-6-18-40)10-12-26(30)33(25)38-28-8-2-1-7-27(28)34(43)44;3*3-2(4,5)1(6)7/h1-2,7-12,21-22H,3-6,13-20H2,(H,35,41)(H,36,42)(H,37,38)(H,43,44);3*(H,6,7). The van der Waals surface area contributed by atoms with Crippen LogP contribution in [0.15, 0.2) is 60.7 Å². The molecule has 3 aromatic carbocycles. The number of nitrogens with zero attached hydrogens (tertiary/aromatic N) is 3. The number of carboxylic acid groups (broad SMARTS) is 4. The molecule has 6 rings (SSSR count). The molecule has 16 nitrogen and oxygen atoms in total. The van der Waals surface area contributed by atoms with Crippen LogP contribution in [0.1, 0.15) is 48.9 Å². The number of hydrogen-bond donors (Lipinski definition) is 7. The van der Waals surface area contributed by atoms with Crippen molar-refractivity contribution in [2.24, 2.45) is 0 Å². The number of nitrogens with one attached hydrogen (secondary N) is 3. The number of amides is 2. The van der Waals surface area contributed by atoms with Gasteiger partial charge in [-0.3, -0.25) is 9.59 Å². The van der Waals surface area contributed by atoms with Gasteiger partial charge in [0.25, 0.3) is 0 Å². The second-order valence-corrected chi connectivity index (χ2v) is 14.0. The van der Waals surface area contributed by atoms with Crippen LogP contribution >= 0.6 is 0 Å². The van der Waals surface area contributed by atoms with Gasteiger partial charge in [-0.25, -0.2) is 24.2 Å². The lowest BCUT2D eigenvalue weighted by Crippen LogP contribution is -2.25. The molecule has 0 bridgehead atoms. The van der Waals surface area contributed by atoms with E-state index in [2.05, 4.69) is 25.8 Å². The zero-order valence-electron chi connectivity index (χ0n) is 33.7. The monoisotopic (exact) mass is 936 g/mol. The number of carbonyl (C=O) groups excluding carboxylic acids is 2. The fourth-order valence-corrected chi connectivity index (χ4v) is 6.13. The Labute approximate surface area is 362 Å². The van der Waals surface area contributed by atoms with Crippen LogP contribution in [0.5, 0.6) is 0 Å². The molecule has 0 atom stereocenters. The quantitative estimate of drug-likeness (QED) is 0.0567. The third-order valence-electron chi connectivity index (χ3n) is 9.19. The SMILES string of the molecule is O=C(CCN1CCCC1)Nc1ccc2c(Nc3ccccc3C(=O)O)c3ccc(NC(=O)CCN4CCCC4)cc3nc2c1.O=C(O)C(F)(F)F.O=C(O)C(F)(F)F.O=C(O)C(F)(F)F. The van der Waals surface area contributed by atoms with E-state index in [1.165, 1.54) is 25.7 Å². The van der Waals surface area contributed by atoms with E-state index in [0.717, 1.165) is 50.0 Å². The van der Waals surface area contributed by atoms with Crippen molar-refractivity contribution < 1.29 is 88.7 Å².